The van der Waals surface area contributed by atoms with Crippen LogP contribution in [0.4, 0.5) is 0 Å². The minimum Gasteiger partial charge on any atom is -0.393 e. The lowest BCUT2D eigenvalue weighted by atomic mass is 10.2. The molecule has 3 unspecified atom stereocenters. The summed E-state index contributed by atoms with van der Waals surface area (Å²) in [7, 11) is -2.92. The summed E-state index contributed by atoms with van der Waals surface area (Å²) in [4.78, 5) is 0. The van der Waals surface area contributed by atoms with Crippen LogP contribution in [0.1, 0.15) is 39.0 Å². The summed E-state index contributed by atoms with van der Waals surface area (Å²) in [6.45, 7) is 2.57. The van der Waals surface area contributed by atoms with Crippen LogP contribution in [0.3, 0.4) is 0 Å². The van der Waals surface area contributed by atoms with Crippen LogP contribution in [-0.4, -0.2) is 43.7 Å². The predicted octanol–water partition coefficient (Wildman–Crippen LogP) is 0.703. The van der Waals surface area contributed by atoms with Crippen LogP contribution in [0.5, 0.6) is 0 Å². The van der Waals surface area contributed by atoms with Gasteiger partial charge in [-0.25, -0.2) is 8.42 Å². The van der Waals surface area contributed by atoms with Crippen molar-refractivity contribution >= 4 is 9.84 Å². The fourth-order valence-electron chi connectivity index (χ4n) is 2.36. The Kier molecular flexibility index (Phi) is 5.21. The number of aliphatic hydroxyl groups excluding tert-OH is 1. The molecule has 1 saturated carbocycles. The molecule has 0 spiro atoms. The second-order valence-corrected chi connectivity index (χ2v) is 7.12. The molecule has 0 radical (unpaired) electrons. The van der Waals surface area contributed by atoms with Gasteiger partial charge in [-0.05, 0) is 39.2 Å². The quantitative estimate of drug-likeness (QED) is 0.680. The minimum absolute atomic E-state index is 0.115. The van der Waals surface area contributed by atoms with E-state index >= 15 is 0 Å². The molecule has 1 rings (SSSR count). The average Bonchev–Trinajstić information content (AvgIpc) is 2.59. The molecule has 0 aromatic rings. The topological polar surface area (TPSA) is 66.4 Å². The average molecular weight is 249 g/mol. The van der Waals surface area contributed by atoms with Gasteiger partial charge in [0.2, 0.25) is 0 Å². The largest absolute Gasteiger partial charge is 0.393 e. The standard InChI is InChI=1S/C11H23NO3S/c1-9(13)5-4-8-12-10-6-3-7-11(10)16(2,14)15/h9-13H,3-8H2,1-2H3. The molecule has 0 aliphatic heterocycles. The lowest BCUT2D eigenvalue weighted by molar-refractivity contribution is 0.181. The molecule has 3 atom stereocenters. The first-order valence-electron chi connectivity index (χ1n) is 6.01. The van der Waals surface area contributed by atoms with Gasteiger partial charge in [-0.1, -0.05) is 6.42 Å². The van der Waals surface area contributed by atoms with E-state index in [4.69, 9.17) is 5.11 Å². The molecule has 0 amide bonds. The Hall–Kier alpha value is -0.130. The zero-order valence-corrected chi connectivity index (χ0v) is 11.0. The molecule has 0 aromatic heterocycles. The maximum absolute atomic E-state index is 11.5. The van der Waals surface area contributed by atoms with Crippen molar-refractivity contribution in [2.75, 3.05) is 12.8 Å². The van der Waals surface area contributed by atoms with E-state index in [0.29, 0.717) is 0 Å². The molecule has 1 aliphatic carbocycles. The first-order chi connectivity index (χ1) is 7.41. The van der Waals surface area contributed by atoms with Crippen molar-refractivity contribution in [2.24, 2.45) is 0 Å². The van der Waals surface area contributed by atoms with Gasteiger partial charge in [0.05, 0.1) is 11.4 Å². The Morgan fingerprint density at radius 1 is 1.44 bits per heavy atom. The van der Waals surface area contributed by atoms with E-state index in [-0.39, 0.29) is 17.4 Å². The fraction of sp³-hybridized carbons (Fsp3) is 1.00. The molecule has 1 fully saturated rings. The normalized spacial score (nSPS) is 28.2. The van der Waals surface area contributed by atoms with Crippen LogP contribution in [0.15, 0.2) is 0 Å². The Morgan fingerprint density at radius 2 is 2.12 bits per heavy atom. The van der Waals surface area contributed by atoms with Gasteiger partial charge in [0, 0.05) is 12.3 Å². The zero-order valence-electron chi connectivity index (χ0n) is 10.1. The Morgan fingerprint density at radius 3 is 2.69 bits per heavy atom. The van der Waals surface area contributed by atoms with Crippen LogP contribution in [-0.2, 0) is 9.84 Å². The first kappa shape index (κ1) is 13.9. The Bertz CT molecular complexity index is 300. The predicted molar refractivity (Wildman–Crippen MR) is 65.2 cm³/mol. The summed E-state index contributed by atoms with van der Waals surface area (Å²) in [6, 6.07) is 0.115. The molecule has 4 nitrogen and oxygen atoms in total. The number of aliphatic hydroxyl groups is 1. The van der Waals surface area contributed by atoms with Crippen molar-refractivity contribution in [2.45, 2.75) is 56.4 Å². The second kappa shape index (κ2) is 5.98. The van der Waals surface area contributed by atoms with Crippen molar-refractivity contribution in [3.05, 3.63) is 0 Å². The fourth-order valence-corrected chi connectivity index (χ4v) is 3.78. The third kappa shape index (κ3) is 4.39. The van der Waals surface area contributed by atoms with Gasteiger partial charge >= 0.3 is 0 Å². The SMILES string of the molecule is CC(O)CCCNC1CCCC1S(C)(=O)=O. The Balaban J connectivity index is 2.31. The van der Waals surface area contributed by atoms with E-state index in [1.165, 1.54) is 6.26 Å². The molecule has 0 bridgehead atoms. The van der Waals surface area contributed by atoms with E-state index in [2.05, 4.69) is 5.32 Å². The van der Waals surface area contributed by atoms with Crippen LogP contribution in [0.2, 0.25) is 0 Å². The number of nitrogens with one attached hydrogen (secondary N) is 1. The van der Waals surface area contributed by atoms with Gasteiger partial charge in [-0.3, -0.25) is 0 Å². The van der Waals surface area contributed by atoms with Crippen LogP contribution in [0, 0.1) is 0 Å². The number of rotatable bonds is 6. The van der Waals surface area contributed by atoms with Crippen LogP contribution < -0.4 is 5.32 Å². The molecular formula is C11H23NO3S. The molecule has 96 valence electrons. The minimum atomic E-state index is -2.92. The molecule has 0 saturated heterocycles. The summed E-state index contributed by atoms with van der Waals surface area (Å²) in [5.41, 5.74) is 0. The van der Waals surface area contributed by atoms with E-state index in [0.717, 1.165) is 38.6 Å². The first-order valence-corrected chi connectivity index (χ1v) is 7.97. The molecule has 1 aliphatic rings. The summed E-state index contributed by atoms with van der Waals surface area (Å²) in [5, 5.41) is 12.2. The maximum atomic E-state index is 11.5. The van der Waals surface area contributed by atoms with E-state index < -0.39 is 9.84 Å². The maximum Gasteiger partial charge on any atom is 0.151 e. The highest BCUT2D eigenvalue weighted by molar-refractivity contribution is 7.91. The van der Waals surface area contributed by atoms with Crippen molar-refractivity contribution in [1.29, 1.82) is 0 Å². The third-order valence-corrected chi connectivity index (χ3v) is 4.87. The van der Waals surface area contributed by atoms with Crippen molar-refractivity contribution in [3.8, 4) is 0 Å². The highest BCUT2D eigenvalue weighted by Crippen LogP contribution is 2.24. The summed E-state index contributed by atoms with van der Waals surface area (Å²) < 4.78 is 23.0. The Labute approximate surface area is 98.4 Å². The summed E-state index contributed by atoms with van der Waals surface area (Å²) >= 11 is 0. The number of hydrogen-bond acceptors (Lipinski definition) is 4. The summed E-state index contributed by atoms with van der Waals surface area (Å²) in [5.74, 6) is 0. The number of sulfone groups is 1. The van der Waals surface area contributed by atoms with Gasteiger partial charge in [0.1, 0.15) is 0 Å². The van der Waals surface area contributed by atoms with E-state index in [9.17, 15) is 8.42 Å². The van der Waals surface area contributed by atoms with Gasteiger partial charge in [0.25, 0.3) is 0 Å². The van der Waals surface area contributed by atoms with E-state index in [1.54, 1.807) is 6.92 Å². The molecule has 5 heteroatoms. The zero-order chi connectivity index (χ0) is 12.2. The molecule has 0 aromatic carbocycles. The lowest BCUT2D eigenvalue weighted by Crippen LogP contribution is -2.40. The monoisotopic (exact) mass is 249 g/mol. The van der Waals surface area contributed by atoms with Crippen molar-refractivity contribution in [3.63, 3.8) is 0 Å². The number of hydrogen-bond donors (Lipinski definition) is 2. The summed E-state index contributed by atoms with van der Waals surface area (Å²) in [6.07, 6.45) is 5.45. The highest BCUT2D eigenvalue weighted by atomic mass is 32.2. The van der Waals surface area contributed by atoms with Gasteiger partial charge < -0.3 is 10.4 Å². The smallest absolute Gasteiger partial charge is 0.151 e. The molecular weight excluding hydrogens is 226 g/mol. The second-order valence-electron chi connectivity index (χ2n) is 4.85. The van der Waals surface area contributed by atoms with Gasteiger partial charge in [-0.15, -0.1) is 0 Å². The third-order valence-electron chi connectivity index (χ3n) is 3.21. The van der Waals surface area contributed by atoms with Crippen molar-refractivity contribution < 1.29 is 13.5 Å². The van der Waals surface area contributed by atoms with Crippen LogP contribution >= 0.6 is 0 Å². The molecule has 16 heavy (non-hydrogen) atoms. The van der Waals surface area contributed by atoms with E-state index in [1.807, 2.05) is 0 Å². The van der Waals surface area contributed by atoms with Crippen LogP contribution in [0.25, 0.3) is 0 Å². The molecule has 0 heterocycles. The highest BCUT2D eigenvalue weighted by Gasteiger charge is 2.34. The van der Waals surface area contributed by atoms with Crippen molar-refractivity contribution in [1.82, 2.24) is 5.32 Å². The van der Waals surface area contributed by atoms with Gasteiger partial charge in [-0.2, -0.15) is 0 Å². The van der Waals surface area contributed by atoms with Gasteiger partial charge in [0.15, 0.2) is 9.84 Å². The molecule has 2 N–H and O–H groups in total. The lowest BCUT2D eigenvalue weighted by Gasteiger charge is -2.19.